The summed E-state index contributed by atoms with van der Waals surface area (Å²) in [6.45, 7) is 0. The molecule has 0 aliphatic heterocycles. The molecule has 0 bridgehead atoms. The molecule has 2 nitrogen and oxygen atoms in total. The third kappa shape index (κ3) is 2.08. The van der Waals surface area contributed by atoms with Gasteiger partial charge in [0, 0.05) is 10.6 Å². The molecule has 1 heterocycles. The second-order valence-electron chi connectivity index (χ2n) is 2.49. The summed E-state index contributed by atoms with van der Waals surface area (Å²) in [6.07, 6.45) is 0. The maximum atomic E-state index is 6.00. The molecule has 0 atom stereocenters. The Morgan fingerprint density at radius 2 is 2.07 bits per heavy atom. The van der Waals surface area contributed by atoms with Crippen molar-refractivity contribution in [2.45, 2.75) is 0 Å². The van der Waals surface area contributed by atoms with E-state index in [1.807, 2.05) is 0 Å². The fourth-order valence-electron chi connectivity index (χ4n) is 0.976. The summed E-state index contributed by atoms with van der Waals surface area (Å²) in [5.41, 5.74) is 0.808. The number of benzene rings is 1. The van der Waals surface area contributed by atoms with Crippen molar-refractivity contribution in [3.63, 3.8) is 0 Å². The van der Waals surface area contributed by atoms with Gasteiger partial charge in [-0.3, -0.25) is 0 Å². The third-order valence-corrected chi connectivity index (χ3v) is 3.46. The molecule has 0 N–H and O–H groups in total. The first-order chi connectivity index (χ1) is 6.66. The van der Waals surface area contributed by atoms with E-state index in [1.54, 1.807) is 18.2 Å². The molecule has 0 saturated carbocycles. The van der Waals surface area contributed by atoms with Crippen molar-refractivity contribution in [2.75, 3.05) is 0 Å². The number of nitrogens with zero attached hydrogens (tertiary/aromatic N) is 2. The minimum atomic E-state index is 0.563. The van der Waals surface area contributed by atoms with E-state index in [9.17, 15) is 0 Å². The Morgan fingerprint density at radius 3 is 2.71 bits per heavy atom. The zero-order valence-corrected chi connectivity index (χ0v) is 10.6. The summed E-state index contributed by atoms with van der Waals surface area (Å²) in [6, 6.07) is 5.26. The zero-order chi connectivity index (χ0) is 10.1. The summed E-state index contributed by atoms with van der Waals surface area (Å²) >= 11 is 16.3. The normalized spacial score (nSPS) is 10.5. The van der Waals surface area contributed by atoms with Crippen molar-refractivity contribution < 1.29 is 0 Å². The molecule has 1 aromatic carbocycles. The van der Waals surface area contributed by atoms with Crippen molar-refractivity contribution in [1.29, 1.82) is 0 Å². The number of rotatable bonds is 1. The van der Waals surface area contributed by atoms with Crippen LogP contribution in [-0.2, 0) is 0 Å². The molecule has 0 unspecified atom stereocenters. The maximum Gasteiger partial charge on any atom is 0.209 e. The van der Waals surface area contributed by atoms with Gasteiger partial charge >= 0.3 is 0 Å². The van der Waals surface area contributed by atoms with Gasteiger partial charge in [-0.15, -0.1) is 0 Å². The van der Waals surface area contributed by atoms with E-state index < -0.39 is 0 Å². The minimum Gasteiger partial charge on any atom is -0.209 e. The Hall–Kier alpha value is -0.160. The summed E-state index contributed by atoms with van der Waals surface area (Å²) in [7, 11) is 0. The van der Waals surface area contributed by atoms with Crippen LogP contribution in [-0.4, -0.2) is 9.36 Å². The summed E-state index contributed by atoms with van der Waals surface area (Å²) < 4.78 is 4.57. The van der Waals surface area contributed by atoms with Crippen molar-refractivity contribution in [1.82, 2.24) is 9.36 Å². The highest BCUT2D eigenvalue weighted by molar-refractivity contribution is 9.10. The molecule has 72 valence electrons. The topological polar surface area (TPSA) is 25.8 Å². The molecule has 0 aliphatic rings. The minimum absolute atomic E-state index is 0.563. The van der Waals surface area contributed by atoms with Gasteiger partial charge < -0.3 is 0 Å². The predicted molar refractivity (Wildman–Crippen MR) is 63.1 cm³/mol. The summed E-state index contributed by atoms with van der Waals surface area (Å²) in [5.74, 6) is 0. The first-order valence-electron chi connectivity index (χ1n) is 3.61. The highest BCUT2D eigenvalue weighted by atomic mass is 79.9. The molecule has 6 heteroatoms. The van der Waals surface area contributed by atoms with Gasteiger partial charge in [0.25, 0.3) is 0 Å². The van der Waals surface area contributed by atoms with Gasteiger partial charge in [0.2, 0.25) is 4.73 Å². The Bertz CT molecular complexity index is 472. The second kappa shape index (κ2) is 4.14. The van der Waals surface area contributed by atoms with Gasteiger partial charge in [-0.2, -0.15) is 4.37 Å². The van der Waals surface area contributed by atoms with Crippen LogP contribution in [0.1, 0.15) is 0 Å². The van der Waals surface area contributed by atoms with E-state index >= 15 is 0 Å². The standard InChI is InChI=1S/C8H3BrCl2N2S/c9-8-12-7(14-13-8)5-3-4(10)1-2-6(5)11/h1-3H. The highest BCUT2D eigenvalue weighted by Crippen LogP contribution is 2.32. The molecule has 0 radical (unpaired) electrons. The fraction of sp³-hybridized carbons (Fsp3) is 0. The zero-order valence-electron chi connectivity index (χ0n) is 6.67. The Morgan fingerprint density at radius 1 is 1.29 bits per heavy atom. The first-order valence-corrected chi connectivity index (χ1v) is 5.93. The maximum absolute atomic E-state index is 6.00. The molecular formula is C8H3BrCl2N2S. The van der Waals surface area contributed by atoms with Crippen molar-refractivity contribution >= 4 is 50.7 Å². The predicted octanol–water partition coefficient (Wildman–Crippen LogP) is 4.27. The third-order valence-electron chi connectivity index (χ3n) is 1.56. The van der Waals surface area contributed by atoms with Crippen molar-refractivity contribution in [3.05, 3.63) is 33.0 Å². The monoisotopic (exact) mass is 308 g/mol. The van der Waals surface area contributed by atoms with Gasteiger partial charge in [-0.1, -0.05) is 23.2 Å². The van der Waals surface area contributed by atoms with E-state index in [4.69, 9.17) is 23.2 Å². The van der Waals surface area contributed by atoms with Crippen LogP contribution in [0.2, 0.25) is 10.0 Å². The summed E-state index contributed by atoms with van der Waals surface area (Å²) in [5, 5.41) is 2.01. The lowest BCUT2D eigenvalue weighted by molar-refractivity contribution is 1.26. The summed E-state index contributed by atoms with van der Waals surface area (Å²) in [4.78, 5) is 4.16. The average molecular weight is 310 g/mol. The quantitative estimate of drug-likeness (QED) is 0.786. The lowest BCUT2D eigenvalue weighted by atomic mass is 10.2. The van der Waals surface area contributed by atoms with Crippen LogP contribution in [0, 0.1) is 0 Å². The molecular weight excluding hydrogens is 307 g/mol. The van der Waals surface area contributed by atoms with Gasteiger partial charge in [0.05, 0.1) is 5.02 Å². The van der Waals surface area contributed by atoms with Crippen LogP contribution < -0.4 is 0 Å². The second-order valence-corrected chi connectivity index (χ2v) is 4.80. The Balaban J connectivity index is 2.55. The number of hydrogen-bond acceptors (Lipinski definition) is 3. The molecule has 2 rings (SSSR count). The lowest BCUT2D eigenvalue weighted by Crippen LogP contribution is -1.78. The number of halogens is 3. The lowest BCUT2D eigenvalue weighted by Gasteiger charge is -1.99. The van der Waals surface area contributed by atoms with Crippen LogP contribution in [0.5, 0.6) is 0 Å². The molecule has 0 saturated heterocycles. The molecule has 14 heavy (non-hydrogen) atoms. The number of hydrogen-bond donors (Lipinski definition) is 0. The first kappa shape index (κ1) is 10.4. The molecule has 0 spiro atoms. The average Bonchev–Trinajstić information content (AvgIpc) is 2.56. The van der Waals surface area contributed by atoms with Crippen LogP contribution in [0.4, 0.5) is 0 Å². The van der Waals surface area contributed by atoms with E-state index in [-0.39, 0.29) is 0 Å². The smallest absolute Gasteiger partial charge is 0.209 e. The molecule has 0 aliphatic carbocycles. The van der Waals surface area contributed by atoms with Crippen LogP contribution >= 0.6 is 50.7 Å². The molecule has 2 aromatic rings. The Kier molecular flexibility index (Phi) is 3.07. The van der Waals surface area contributed by atoms with Crippen LogP contribution in [0.3, 0.4) is 0 Å². The van der Waals surface area contributed by atoms with E-state index in [1.165, 1.54) is 11.5 Å². The van der Waals surface area contributed by atoms with Gasteiger partial charge in [0.1, 0.15) is 5.01 Å². The largest absolute Gasteiger partial charge is 0.209 e. The Labute approximate surface area is 103 Å². The number of aromatic nitrogens is 2. The van der Waals surface area contributed by atoms with Crippen LogP contribution in [0.15, 0.2) is 22.9 Å². The molecule has 1 aromatic heterocycles. The van der Waals surface area contributed by atoms with E-state index in [0.29, 0.717) is 14.8 Å². The van der Waals surface area contributed by atoms with Gasteiger partial charge in [-0.25, -0.2) is 4.98 Å². The van der Waals surface area contributed by atoms with E-state index in [0.717, 1.165) is 10.6 Å². The van der Waals surface area contributed by atoms with Crippen molar-refractivity contribution in [2.24, 2.45) is 0 Å². The van der Waals surface area contributed by atoms with Gasteiger partial charge in [0.15, 0.2) is 0 Å². The highest BCUT2D eigenvalue weighted by Gasteiger charge is 2.09. The molecule has 0 amide bonds. The van der Waals surface area contributed by atoms with Gasteiger partial charge in [-0.05, 0) is 45.7 Å². The van der Waals surface area contributed by atoms with Crippen LogP contribution in [0.25, 0.3) is 10.6 Å². The van der Waals surface area contributed by atoms with Crippen molar-refractivity contribution in [3.8, 4) is 10.6 Å². The molecule has 0 fully saturated rings. The fourth-order valence-corrected chi connectivity index (χ4v) is 2.52. The SMILES string of the molecule is Clc1ccc(Cl)c(-c2nc(Br)ns2)c1. The van der Waals surface area contributed by atoms with E-state index in [2.05, 4.69) is 25.3 Å².